The SMILES string of the molecule is CNC(=O)c1ccc([C@H]2CCCCN2CCOCC2CC2)n1C. The van der Waals surface area contributed by atoms with Crippen molar-refractivity contribution in [2.24, 2.45) is 13.0 Å². The van der Waals surface area contributed by atoms with E-state index < -0.39 is 0 Å². The van der Waals surface area contributed by atoms with Crippen molar-refractivity contribution >= 4 is 5.91 Å². The maximum atomic E-state index is 11.9. The molecule has 2 aliphatic rings. The van der Waals surface area contributed by atoms with Gasteiger partial charge in [-0.05, 0) is 50.3 Å². The Hall–Kier alpha value is -1.33. The Balaban J connectivity index is 1.63. The third kappa shape index (κ3) is 3.96. The van der Waals surface area contributed by atoms with Gasteiger partial charge in [0.25, 0.3) is 5.91 Å². The first kappa shape index (κ1) is 16.5. The quantitative estimate of drug-likeness (QED) is 0.785. The fourth-order valence-electron chi connectivity index (χ4n) is 3.53. The van der Waals surface area contributed by atoms with Crippen LogP contribution in [0.4, 0.5) is 0 Å². The standard InChI is InChI=1S/C18H29N3O2/c1-19-18(22)17-9-8-15(20(17)2)16-5-3-4-10-21(16)11-12-23-13-14-6-7-14/h8-9,14,16H,3-7,10-13H2,1-2H3,(H,19,22)/t16-/m1/s1. The number of likely N-dealkylation sites (tertiary alicyclic amines) is 1. The molecule has 2 heterocycles. The molecule has 1 aromatic heterocycles. The second-order valence-corrected chi connectivity index (χ2v) is 6.85. The van der Waals surface area contributed by atoms with Gasteiger partial charge >= 0.3 is 0 Å². The number of nitrogens with zero attached hydrogens (tertiary/aromatic N) is 2. The van der Waals surface area contributed by atoms with Crippen LogP contribution in [0.2, 0.25) is 0 Å². The fourth-order valence-corrected chi connectivity index (χ4v) is 3.53. The third-order valence-electron chi connectivity index (χ3n) is 5.15. The van der Waals surface area contributed by atoms with E-state index in [2.05, 4.69) is 16.3 Å². The van der Waals surface area contributed by atoms with Crippen LogP contribution in [0.15, 0.2) is 12.1 Å². The summed E-state index contributed by atoms with van der Waals surface area (Å²) in [7, 11) is 3.68. The Morgan fingerprint density at radius 1 is 1.30 bits per heavy atom. The van der Waals surface area contributed by atoms with Gasteiger partial charge < -0.3 is 14.6 Å². The maximum Gasteiger partial charge on any atom is 0.267 e. The molecule has 5 nitrogen and oxygen atoms in total. The summed E-state index contributed by atoms with van der Waals surface area (Å²) in [5, 5.41) is 2.71. The first-order chi connectivity index (χ1) is 11.2. The van der Waals surface area contributed by atoms with Crippen LogP contribution in [0, 0.1) is 5.92 Å². The Labute approximate surface area is 139 Å². The summed E-state index contributed by atoms with van der Waals surface area (Å²) in [5.74, 6) is 0.809. The Morgan fingerprint density at radius 3 is 2.87 bits per heavy atom. The van der Waals surface area contributed by atoms with Gasteiger partial charge in [0.1, 0.15) is 5.69 Å². The summed E-state index contributed by atoms with van der Waals surface area (Å²) >= 11 is 0. The first-order valence-electron chi connectivity index (χ1n) is 8.90. The van der Waals surface area contributed by atoms with E-state index in [0.717, 1.165) is 44.3 Å². The minimum Gasteiger partial charge on any atom is -0.380 e. The predicted molar refractivity (Wildman–Crippen MR) is 90.5 cm³/mol. The van der Waals surface area contributed by atoms with Crippen LogP contribution in [0.3, 0.4) is 0 Å². The van der Waals surface area contributed by atoms with E-state index in [1.807, 2.05) is 17.7 Å². The minimum absolute atomic E-state index is 0.0196. The highest BCUT2D eigenvalue weighted by molar-refractivity contribution is 5.92. The van der Waals surface area contributed by atoms with Gasteiger partial charge in [-0.1, -0.05) is 6.42 Å². The fraction of sp³-hybridized carbons (Fsp3) is 0.722. The molecule has 0 unspecified atom stereocenters. The van der Waals surface area contributed by atoms with Crippen LogP contribution in [0.1, 0.15) is 54.3 Å². The van der Waals surface area contributed by atoms with Crippen LogP contribution in [-0.4, -0.2) is 48.7 Å². The predicted octanol–water partition coefficient (Wildman–Crippen LogP) is 2.34. The summed E-state index contributed by atoms with van der Waals surface area (Å²) in [4.78, 5) is 14.5. The largest absolute Gasteiger partial charge is 0.380 e. The lowest BCUT2D eigenvalue weighted by Crippen LogP contribution is -2.37. The topological polar surface area (TPSA) is 46.5 Å². The molecule has 2 fully saturated rings. The molecule has 0 spiro atoms. The lowest BCUT2D eigenvalue weighted by molar-refractivity contribution is 0.0648. The van der Waals surface area contributed by atoms with Gasteiger partial charge in [0.2, 0.25) is 0 Å². The third-order valence-corrected chi connectivity index (χ3v) is 5.15. The average Bonchev–Trinajstić information content (AvgIpc) is 3.32. The van der Waals surface area contributed by atoms with Crippen molar-refractivity contribution in [2.75, 3.05) is 33.4 Å². The van der Waals surface area contributed by atoms with Crippen LogP contribution >= 0.6 is 0 Å². The molecule has 1 aliphatic carbocycles. The highest BCUT2D eigenvalue weighted by atomic mass is 16.5. The molecule has 128 valence electrons. The number of carbonyl (C=O) groups is 1. The molecular weight excluding hydrogens is 290 g/mol. The Morgan fingerprint density at radius 2 is 2.13 bits per heavy atom. The van der Waals surface area contributed by atoms with Gasteiger partial charge in [0.15, 0.2) is 0 Å². The average molecular weight is 319 g/mol. The number of hydrogen-bond acceptors (Lipinski definition) is 3. The normalized spacial score (nSPS) is 22.3. The molecule has 3 rings (SSSR count). The Bertz CT molecular complexity index is 536. The summed E-state index contributed by atoms with van der Waals surface area (Å²) in [5.41, 5.74) is 1.98. The van der Waals surface area contributed by atoms with Gasteiger partial charge in [0.05, 0.1) is 12.6 Å². The van der Waals surface area contributed by atoms with Crippen molar-refractivity contribution in [1.82, 2.24) is 14.8 Å². The molecule has 5 heteroatoms. The van der Waals surface area contributed by atoms with Gasteiger partial charge in [-0.2, -0.15) is 0 Å². The maximum absolute atomic E-state index is 11.9. The second-order valence-electron chi connectivity index (χ2n) is 6.85. The molecule has 0 aromatic carbocycles. The lowest BCUT2D eigenvalue weighted by Gasteiger charge is -2.36. The molecule has 0 bridgehead atoms. The van der Waals surface area contributed by atoms with E-state index in [4.69, 9.17) is 4.74 Å². The van der Waals surface area contributed by atoms with Crippen molar-refractivity contribution in [3.05, 3.63) is 23.5 Å². The number of piperidine rings is 1. The number of carbonyl (C=O) groups excluding carboxylic acids is 1. The van der Waals surface area contributed by atoms with E-state index in [-0.39, 0.29) is 5.91 Å². The summed E-state index contributed by atoms with van der Waals surface area (Å²) in [6.45, 7) is 3.86. The van der Waals surface area contributed by atoms with Crippen LogP contribution < -0.4 is 5.32 Å². The highest BCUT2D eigenvalue weighted by Crippen LogP contribution is 2.32. The van der Waals surface area contributed by atoms with Crippen molar-refractivity contribution in [2.45, 2.75) is 38.1 Å². The lowest BCUT2D eigenvalue weighted by atomic mass is 9.99. The smallest absolute Gasteiger partial charge is 0.267 e. The molecule has 1 aliphatic heterocycles. The molecular formula is C18H29N3O2. The summed E-state index contributed by atoms with van der Waals surface area (Å²) in [6.07, 6.45) is 6.36. The molecule has 1 saturated carbocycles. The first-order valence-corrected chi connectivity index (χ1v) is 8.90. The number of nitrogens with one attached hydrogen (secondary N) is 1. The molecule has 1 N–H and O–H groups in total. The van der Waals surface area contributed by atoms with Gasteiger partial charge in [-0.15, -0.1) is 0 Å². The van der Waals surface area contributed by atoms with Gasteiger partial charge in [-0.25, -0.2) is 0 Å². The molecule has 1 atom stereocenters. The van der Waals surface area contributed by atoms with E-state index >= 15 is 0 Å². The van der Waals surface area contributed by atoms with Crippen LogP contribution in [0.5, 0.6) is 0 Å². The zero-order chi connectivity index (χ0) is 16.2. The molecule has 23 heavy (non-hydrogen) atoms. The number of aromatic nitrogens is 1. The molecule has 1 amide bonds. The molecule has 1 saturated heterocycles. The van der Waals surface area contributed by atoms with E-state index in [1.54, 1.807) is 7.05 Å². The zero-order valence-corrected chi connectivity index (χ0v) is 14.4. The molecule has 1 aromatic rings. The van der Waals surface area contributed by atoms with Crippen LogP contribution in [0.25, 0.3) is 0 Å². The number of hydrogen-bond donors (Lipinski definition) is 1. The number of rotatable bonds is 7. The number of ether oxygens (including phenoxy) is 1. The second kappa shape index (κ2) is 7.49. The number of amides is 1. The zero-order valence-electron chi connectivity index (χ0n) is 14.4. The Kier molecular flexibility index (Phi) is 5.38. The minimum atomic E-state index is -0.0196. The summed E-state index contributed by atoms with van der Waals surface area (Å²) < 4.78 is 7.87. The highest BCUT2D eigenvalue weighted by Gasteiger charge is 2.27. The van der Waals surface area contributed by atoms with Gasteiger partial charge in [-0.3, -0.25) is 9.69 Å². The van der Waals surface area contributed by atoms with Crippen molar-refractivity contribution < 1.29 is 9.53 Å². The van der Waals surface area contributed by atoms with Gasteiger partial charge in [0, 0.05) is 32.9 Å². The van der Waals surface area contributed by atoms with E-state index in [0.29, 0.717) is 6.04 Å². The molecule has 0 radical (unpaired) electrons. The van der Waals surface area contributed by atoms with E-state index in [1.165, 1.54) is 31.4 Å². The van der Waals surface area contributed by atoms with Crippen molar-refractivity contribution in [3.8, 4) is 0 Å². The van der Waals surface area contributed by atoms with Crippen molar-refractivity contribution in [1.29, 1.82) is 0 Å². The summed E-state index contributed by atoms with van der Waals surface area (Å²) in [6, 6.07) is 4.44. The monoisotopic (exact) mass is 319 g/mol. The van der Waals surface area contributed by atoms with Crippen LogP contribution in [-0.2, 0) is 11.8 Å². The van der Waals surface area contributed by atoms with E-state index in [9.17, 15) is 4.79 Å². The van der Waals surface area contributed by atoms with Crippen molar-refractivity contribution in [3.63, 3.8) is 0 Å².